The van der Waals surface area contributed by atoms with E-state index in [0.717, 1.165) is 16.8 Å². The predicted octanol–water partition coefficient (Wildman–Crippen LogP) is 3.19. The van der Waals surface area contributed by atoms with E-state index in [0.29, 0.717) is 29.5 Å². The van der Waals surface area contributed by atoms with Gasteiger partial charge in [0.2, 0.25) is 0 Å². The number of nitrogens with zero attached hydrogens (tertiary/aromatic N) is 2. The molecule has 1 aromatic carbocycles. The number of hydrogen-bond acceptors (Lipinski definition) is 3. The van der Waals surface area contributed by atoms with Crippen molar-refractivity contribution in [2.45, 2.75) is 12.3 Å². The molecule has 0 saturated carbocycles. The molecule has 5 nitrogen and oxygen atoms in total. The number of hydrogen-bond donors (Lipinski definition) is 2. The van der Waals surface area contributed by atoms with Gasteiger partial charge in [-0.15, -0.1) is 0 Å². The lowest BCUT2D eigenvalue weighted by Crippen LogP contribution is -2.26. The number of imidazole rings is 1. The Labute approximate surface area is 144 Å². The summed E-state index contributed by atoms with van der Waals surface area (Å²) in [6.45, 7) is 0.576. The van der Waals surface area contributed by atoms with Crippen LogP contribution < -0.4 is 5.32 Å². The van der Waals surface area contributed by atoms with E-state index in [1.54, 1.807) is 12.4 Å². The molecule has 0 bridgehead atoms. The quantitative estimate of drug-likeness (QED) is 0.753. The van der Waals surface area contributed by atoms with Crippen molar-refractivity contribution in [3.63, 3.8) is 0 Å². The summed E-state index contributed by atoms with van der Waals surface area (Å²) in [5.74, 6) is 0.697. The predicted molar refractivity (Wildman–Crippen MR) is 92.0 cm³/mol. The normalized spacial score (nSPS) is 17.0. The Balaban J connectivity index is 1.69. The van der Waals surface area contributed by atoms with E-state index < -0.39 is 0 Å². The molecule has 120 valence electrons. The molecule has 24 heavy (non-hydrogen) atoms. The molecule has 6 heteroatoms. The highest BCUT2D eigenvalue weighted by Gasteiger charge is 2.26. The highest BCUT2D eigenvalue weighted by molar-refractivity contribution is 6.30. The average Bonchev–Trinajstić information content (AvgIpc) is 2.97. The van der Waals surface area contributed by atoms with Gasteiger partial charge in [-0.2, -0.15) is 0 Å². The molecule has 0 saturated heterocycles. The monoisotopic (exact) mass is 338 g/mol. The van der Waals surface area contributed by atoms with Crippen LogP contribution in [0.4, 0.5) is 0 Å². The molecule has 1 aliphatic rings. The molecule has 0 radical (unpaired) electrons. The maximum atomic E-state index is 12.4. The third kappa shape index (κ3) is 2.78. The van der Waals surface area contributed by atoms with Crippen molar-refractivity contribution in [3.8, 4) is 11.4 Å². The lowest BCUT2D eigenvalue weighted by molar-refractivity contribution is 0.0950. The van der Waals surface area contributed by atoms with Crippen LogP contribution in [0.2, 0.25) is 5.02 Å². The van der Waals surface area contributed by atoms with Crippen molar-refractivity contribution in [1.82, 2.24) is 20.3 Å². The van der Waals surface area contributed by atoms with Crippen LogP contribution in [0.5, 0.6) is 0 Å². The highest BCUT2D eigenvalue weighted by Crippen LogP contribution is 2.27. The summed E-state index contributed by atoms with van der Waals surface area (Å²) < 4.78 is 0. The fourth-order valence-electron chi connectivity index (χ4n) is 2.97. The second kappa shape index (κ2) is 6.09. The number of rotatable bonds is 2. The van der Waals surface area contributed by atoms with Crippen LogP contribution >= 0.6 is 11.6 Å². The van der Waals surface area contributed by atoms with Crippen LogP contribution in [-0.2, 0) is 6.42 Å². The number of halogens is 1. The Morgan fingerprint density at radius 2 is 2.00 bits per heavy atom. The Bertz CT molecular complexity index is 874. The maximum Gasteiger partial charge on any atom is 0.271 e. The molecule has 0 fully saturated rings. The van der Waals surface area contributed by atoms with Crippen molar-refractivity contribution in [2.75, 3.05) is 6.54 Å². The zero-order valence-electron chi connectivity index (χ0n) is 12.8. The Kier molecular flexibility index (Phi) is 3.78. The number of carbonyl (C=O) groups excluding carboxylic acids is 1. The van der Waals surface area contributed by atoms with Gasteiger partial charge in [0.1, 0.15) is 11.5 Å². The molecule has 1 atom stereocenters. The van der Waals surface area contributed by atoms with Crippen molar-refractivity contribution in [1.29, 1.82) is 0 Å². The molecule has 0 spiro atoms. The Morgan fingerprint density at radius 1 is 1.17 bits per heavy atom. The van der Waals surface area contributed by atoms with Gasteiger partial charge in [-0.3, -0.25) is 9.78 Å². The van der Waals surface area contributed by atoms with E-state index >= 15 is 0 Å². The molecule has 3 heterocycles. The van der Waals surface area contributed by atoms with E-state index in [1.807, 2.05) is 36.4 Å². The Hall–Kier alpha value is -2.66. The maximum absolute atomic E-state index is 12.4. The summed E-state index contributed by atoms with van der Waals surface area (Å²) in [7, 11) is 0. The van der Waals surface area contributed by atoms with Gasteiger partial charge >= 0.3 is 0 Å². The van der Waals surface area contributed by atoms with E-state index in [4.69, 9.17) is 11.6 Å². The lowest BCUT2D eigenvalue weighted by Gasteiger charge is -2.14. The third-order valence-electron chi connectivity index (χ3n) is 4.23. The van der Waals surface area contributed by atoms with Crippen molar-refractivity contribution < 1.29 is 4.79 Å². The molecule has 4 rings (SSSR count). The molecule has 1 aliphatic heterocycles. The fraction of sp³-hybridized carbons (Fsp3) is 0.167. The first kappa shape index (κ1) is 14.9. The van der Waals surface area contributed by atoms with Crippen LogP contribution in [0.3, 0.4) is 0 Å². The summed E-state index contributed by atoms with van der Waals surface area (Å²) in [6, 6.07) is 11.5. The fourth-order valence-corrected chi connectivity index (χ4v) is 3.10. The van der Waals surface area contributed by atoms with E-state index in [9.17, 15) is 4.79 Å². The SMILES string of the molecule is O=C1NCC(c2ccc(Cl)cc2)Cc2[nH]c(-c3cccnc3)nc21. The summed E-state index contributed by atoms with van der Waals surface area (Å²) in [4.78, 5) is 24.2. The molecular formula is C18H15ClN4O. The summed E-state index contributed by atoms with van der Waals surface area (Å²) >= 11 is 5.97. The van der Waals surface area contributed by atoms with E-state index in [1.165, 1.54) is 0 Å². The standard InChI is InChI=1S/C18H15ClN4O/c19-14-5-3-11(4-6-14)13-8-15-16(18(24)21-10-13)23-17(22-15)12-2-1-7-20-9-12/h1-7,9,13H,8,10H2,(H,21,24)(H,22,23). The van der Waals surface area contributed by atoms with Crippen molar-refractivity contribution in [3.05, 3.63) is 70.8 Å². The molecule has 2 N–H and O–H groups in total. The molecule has 1 amide bonds. The first-order valence-corrected chi connectivity index (χ1v) is 8.11. The number of pyridine rings is 1. The average molecular weight is 339 g/mol. The van der Waals surface area contributed by atoms with Gasteiger partial charge in [-0.25, -0.2) is 4.98 Å². The topological polar surface area (TPSA) is 70.7 Å². The summed E-state index contributed by atoms with van der Waals surface area (Å²) in [5, 5.41) is 3.66. The second-order valence-corrected chi connectivity index (χ2v) is 6.25. The first-order chi connectivity index (χ1) is 11.7. The van der Waals surface area contributed by atoms with Gasteiger partial charge in [0.05, 0.1) is 0 Å². The van der Waals surface area contributed by atoms with Crippen molar-refractivity contribution >= 4 is 17.5 Å². The second-order valence-electron chi connectivity index (χ2n) is 5.82. The van der Waals surface area contributed by atoms with Crippen LogP contribution in [0.25, 0.3) is 11.4 Å². The molecule has 3 aromatic rings. The minimum absolute atomic E-state index is 0.146. The number of benzene rings is 1. The number of aromatic nitrogens is 3. The van der Waals surface area contributed by atoms with E-state index in [2.05, 4.69) is 20.3 Å². The van der Waals surface area contributed by atoms with Crippen LogP contribution in [0, 0.1) is 0 Å². The van der Waals surface area contributed by atoms with Gasteiger partial charge in [-0.05, 0) is 36.2 Å². The number of nitrogens with one attached hydrogen (secondary N) is 2. The lowest BCUT2D eigenvalue weighted by atomic mass is 9.94. The zero-order chi connectivity index (χ0) is 16.5. The summed E-state index contributed by atoms with van der Waals surface area (Å²) in [6.07, 6.45) is 4.15. The van der Waals surface area contributed by atoms with Gasteiger partial charge in [0.25, 0.3) is 5.91 Å². The number of amides is 1. The summed E-state index contributed by atoms with van der Waals surface area (Å²) in [5.41, 5.74) is 3.32. The largest absolute Gasteiger partial charge is 0.350 e. The first-order valence-electron chi connectivity index (χ1n) is 7.73. The van der Waals surface area contributed by atoms with Gasteiger partial charge in [-0.1, -0.05) is 23.7 Å². The Morgan fingerprint density at radius 3 is 2.75 bits per heavy atom. The zero-order valence-corrected chi connectivity index (χ0v) is 13.5. The van der Waals surface area contributed by atoms with Gasteiger partial charge in [0, 0.05) is 41.1 Å². The minimum atomic E-state index is -0.146. The number of carbonyl (C=O) groups is 1. The molecule has 1 unspecified atom stereocenters. The minimum Gasteiger partial charge on any atom is -0.350 e. The number of aromatic amines is 1. The van der Waals surface area contributed by atoms with Gasteiger partial charge < -0.3 is 10.3 Å². The van der Waals surface area contributed by atoms with Crippen LogP contribution in [0.15, 0.2) is 48.8 Å². The molecular weight excluding hydrogens is 324 g/mol. The van der Waals surface area contributed by atoms with Crippen molar-refractivity contribution in [2.24, 2.45) is 0 Å². The highest BCUT2D eigenvalue weighted by atomic mass is 35.5. The van der Waals surface area contributed by atoms with Gasteiger partial charge in [0.15, 0.2) is 0 Å². The molecule has 0 aliphatic carbocycles. The smallest absolute Gasteiger partial charge is 0.271 e. The van der Waals surface area contributed by atoms with E-state index in [-0.39, 0.29) is 11.8 Å². The van der Waals surface area contributed by atoms with Crippen LogP contribution in [0.1, 0.15) is 27.7 Å². The third-order valence-corrected chi connectivity index (χ3v) is 4.48. The molecule has 2 aromatic heterocycles. The number of fused-ring (bicyclic) bond motifs is 1. The number of H-pyrrole nitrogens is 1. The van der Waals surface area contributed by atoms with Crippen LogP contribution in [-0.4, -0.2) is 27.4 Å².